The van der Waals surface area contributed by atoms with Crippen molar-refractivity contribution in [3.05, 3.63) is 35.4 Å². The number of halogens is 5. The number of hydrogen-bond acceptors (Lipinski definition) is 1. The van der Waals surface area contributed by atoms with E-state index in [0.29, 0.717) is 0 Å². The maximum Gasteiger partial charge on any atom is 0.389 e. The van der Waals surface area contributed by atoms with Gasteiger partial charge in [-0.3, -0.25) is 0 Å². The summed E-state index contributed by atoms with van der Waals surface area (Å²) >= 11 is 0. The van der Waals surface area contributed by atoms with Crippen LogP contribution >= 0.6 is 0 Å². The summed E-state index contributed by atoms with van der Waals surface area (Å²) in [5.41, 5.74) is 0.113. The van der Waals surface area contributed by atoms with Crippen LogP contribution in [0.1, 0.15) is 31.4 Å². The van der Waals surface area contributed by atoms with Crippen LogP contribution in [0, 0.1) is 11.6 Å². The number of alkyl halides is 3. The van der Waals surface area contributed by atoms with Gasteiger partial charge in [-0.1, -0.05) is 0 Å². The Kier molecular flexibility index (Phi) is 5.07. The molecule has 1 aromatic rings. The van der Waals surface area contributed by atoms with Gasteiger partial charge in [0.1, 0.15) is 11.6 Å². The highest BCUT2D eigenvalue weighted by molar-refractivity contribution is 5.21. The van der Waals surface area contributed by atoms with Gasteiger partial charge in [-0.05, 0) is 38.1 Å². The summed E-state index contributed by atoms with van der Waals surface area (Å²) in [7, 11) is 0. The van der Waals surface area contributed by atoms with Gasteiger partial charge in [0, 0.05) is 18.0 Å². The SMILES string of the molecule is CC(NCCCC(F)(F)F)c1cc(F)ccc1F. The van der Waals surface area contributed by atoms with Gasteiger partial charge in [-0.25, -0.2) is 8.78 Å². The molecule has 0 aliphatic carbocycles. The molecular formula is C12H14F5N. The first kappa shape index (κ1) is 14.9. The normalized spacial score (nSPS) is 13.7. The third-order valence-corrected chi connectivity index (χ3v) is 2.51. The molecule has 1 N–H and O–H groups in total. The van der Waals surface area contributed by atoms with Gasteiger partial charge in [0.05, 0.1) is 0 Å². The largest absolute Gasteiger partial charge is 0.389 e. The average Bonchev–Trinajstić information content (AvgIpc) is 2.26. The van der Waals surface area contributed by atoms with E-state index in [1.54, 1.807) is 6.92 Å². The molecule has 1 nitrogen and oxygen atoms in total. The predicted molar refractivity (Wildman–Crippen MR) is 58.1 cm³/mol. The molecule has 6 heteroatoms. The van der Waals surface area contributed by atoms with Crippen LogP contribution < -0.4 is 5.32 Å². The van der Waals surface area contributed by atoms with Gasteiger partial charge in [-0.15, -0.1) is 0 Å². The van der Waals surface area contributed by atoms with Crippen LogP contribution in [0.5, 0.6) is 0 Å². The lowest BCUT2D eigenvalue weighted by atomic mass is 10.1. The van der Waals surface area contributed by atoms with Gasteiger partial charge in [0.15, 0.2) is 0 Å². The maximum absolute atomic E-state index is 13.3. The molecule has 0 heterocycles. The Balaban J connectivity index is 2.45. The van der Waals surface area contributed by atoms with Crippen LogP contribution in [0.2, 0.25) is 0 Å². The maximum atomic E-state index is 13.3. The molecular weight excluding hydrogens is 253 g/mol. The van der Waals surface area contributed by atoms with Gasteiger partial charge >= 0.3 is 6.18 Å². The van der Waals surface area contributed by atoms with E-state index in [1.165, 1.54) is 0 Å². The first-order chi connectivity index (χ1) is 8.29. The lowest BCUT2D eigenvalue weighted by molar-refractivity contribution is -0.135. The summed E-state index contributed by atoms with van der Waals surface area (Å²) in [5.74, 6) is -1.15. The van der Waals surface area contributed by atoms with Crippen molar-refractivity contribution in [3.8, 4) is 0 Å². The molecule has 0 saturated carbocycles. The van der Waals surface area contributed by atoms with Crippen LogP contribution in [-0.2, 0) is 0 Å². The monoisotopic (exact) mass is 267 g/mol. The molecule has 1 aromatic carbocycles. The molecule has 102 valence electrons. The number of benzene rings is 1. The molecule has 0 fully saturated rings. The molecule has 0 saturated heterocycles. The van der Waals surface area contributed by atoms with E-state index in [2.05, 4.69) is 5.32 Å². The molecule has 18 heavy (non-hydrogen) atoms. The molecule has 1 atom stereocenters. The first-order valence-electron chi connectivity index (χ1n) is 5.54. The van der Waals surface area contributed by atoms with Crippen LogP contribution in [0.15, 0.2) is 18.2 Å². The molecule has 1 unspecified atom stereocenters. The summed E-state index contributed by atoms with van der Waals surface area (Å²) < 4.78 is 61.9. The summed E-state index contributed by atoms with van der Waals surface area (Å²) in [6.07, 6.45) is -5.17. The fraction of sp³-hybridized carbons (Fsp3) is 0.500. The Hall–Kier alpha value is -1.17. The van der Waals surface area contributed by atoms with Crippen molar-refractivity contribution in [1.82, 2.24) is 5.32 Å². The zero-order valence-electron chi connectivity index (χ0n) is 9.82. The summed E-state index contributed by atoms with van der Waals surface area (Å²) in [4.78, 5) is 0. The van der Waals surface area contributed by atoms with Gasteiger partial charge < -0.3 is 5.32 Å². The van der Waals surface area contributed by atoms with Crippen molar-refractivity contribution in [2.24, 2.45) is 0 Å². The fourth-order valence-corrected chi connectivity index (χ4v) is 1.56. The molecule has 0 radical (unpaired) electrons. The highest BCUT2D eigenvalue weighted by Gasteiger charge is 2.26. The standard InChI is InChI=1S/C12H14F5N/c1-8(18-6-2-5-12(15,16)17)10-7-9(13)3-4-11(10)14/h3-4,7-8,18H,2,5-6H2,1H3. The third kappa shape index (κ3) is 5.00. The highest BCUT2D eigenvalue weighted by Crippen LogP contribution is 2.22. The number of hydrogen-bond donors (Lipinski definition) is 1. The van der Waals surface area contributed by atoms with E-state index in [0.717, 1.165) is 18.2 Å². The Morgan fingerprint density at radius 1 is 1.22 bits per heavy atom. The molecule has 0 aliphatic heterocycles. The zero-order chi connectivity index (χ0) is 13.8. The molecule has 0 spiro atoms. The second-order valence-electron chi connectivity index (χ2n) is 4.06. The average molecular weight is 267 g/mol. The predicted octanol–water partition coefficient (Wildman–Crippen LogP) is 3.96. The van der Waals surface area contributed by atoms with Crippen LogP contribution in [0.25, 0.3) is 0 Å². The van der Waals surface area contributed by atoms with Crippen molar-refractivity contribution in [2.45, 2.75) is 32.0 Å². The van der Waals surface area contributed by atoms with Crippen molar-refractivity contribution >= 4 is 0 Å². The second-order valence-corrected chi connectivity index (χ2v) is 4.06. The van der Waals surface area contributed by atoms with Crippen LogP contribution in [0.3, 0.4) is 0 Å². The van der Waals surface area contributed by atoms with Crippen molar-refractivity contribution in [1.29, 1.82) is 0 Å². The lowest BCUT2D eigenvalue weighted by Crippen LogP contribution is -2.22. The van der Waals surface area contributed by atoms with Crippen LogP contribution in [0.4, 0.5) is 22.0 Å². The van der Waals surface area contributed by atoms with E-state index in [4.69, 9.17) is 0 Å². The number of nitrogens with one attached hydrogen (secondary N) is 1. The quantitative estimate of drug-likeness (QED) is 0.629. The van der Waals surface area contributed by atoms with Gasteiger partial charge in [-0.2, -0.15) is 13.2 Å². The minimum Gasteiger partial charge on any atom is -0.310 e. The lowest BCUT2D eigenvalue weighted by Gasteiger charge is -2.15. The molecule has 0 bridgehead atoms. The highest BCUT2D eigenvalue weighted by atomic mass is 19.4. The third-order valence-electron chi connectivity index (χ3n) is 2.51. The Morgan fingerprint density at radius 3 is 2.50 bits per heavy atom. The summed E-state index contributed by atoms with van der Waals surface area (Å²) in [6.45, 7) is 1.67. The molecule has 0 aromatic heterocycles. The minimum atomic E-state index is -4.19. The van der Waals surface area contributed by atoms with Crippen molar-refractivity contribution < 1.29 is 22.0 Å². The second kappa shape index (κ2) is 6.13. The van der Waals surface area contributed by atoms with Gasteiger partial charge in [0.25, 0.3) is 0 Å². The zero-order valence-corrected chi connectivity index (χ0v) is 9.82. The van der Waals surface area contributed by atoms with Gasteiger partial charge in [0.2, 0.25) is 0 Å². The smallest absolute Gasteiger partial charge is 0.310 e. The van der Waals surface area contributed by atoms with E-state index >= 15 is 0 Å². The number of rotatable bonds is 5. The van der Waals surface area contributed by atoms with E-state index in [9.17, 15) is 22.0 Å². The molecule has 1 rings (SSSR count). The topological polar surface area (TPSA) is 12.0 Å². The summed E-state index contributed by atoms with van der Waals surface area (Å²) in [6, 6.07) is 2.50. The van der Waals surface area contributed by atoms with E-state index in [-0.39, 0.29) is 18.5 Å². The Labute approximate surface area is 102 Å². The first-order valence-corrected chi connectivity index (χ1v) is 5.54. The molecule has 0 amide bonds. The van der Waals surface area contributed by atoms with Crippen LogP contribution in [-0.4, -0.2) is 12.7 Å². The Morgan fingerprint density at radius 2 is 1.89 bits per heavy atom. The summed E-state index contributed by atoms with van der Waals surface area (Å²) in [5, 5.41) is 2.73. The van der Waals surface area contributed by atoms with Crippen molar-refractivity contribution in [3.63, 3.8) is 0 Å². The molecule has 0 aliphatic rings. The minimum absolute atomic E-state index is 0.0925. The fourth-order valence-electron chi connectivity index (χ4n) is 1.56. The Bertz CT molecular complexity index is 389. The van der Waals surface area contributed by atoms with E-state index < -0.39 is 30.3 Å². The van der Waals surface area contributed by atoms with E-state index in [1.807, 2.05) is 0 Å². The van der Waals surface area contributed by atoms with Crippen molar-refractivity contribution in [2.75, 3.05) is 6.54 Å².